The zero-order valence-corrected chi connectivity index (χ0v) is 15.3. The number of hydrogen-bond donors (Lipinski definition) is 1. The van der Waals surface area contributed by atoms with Gasteiger partial charge in [-0.05, 0) is 41.5 Å². The maximum atomic E-state index is 13.6. The molecule has 0 heterocycles. The third kappa shape index (κ3) is 4.94. The predicted octanol–water partition coefficient (Wildman–Crippen LogP) is 4.18. The van der Waals surface area contributed by atoms with Crippen LogP contribution in [-0.4, -0.2) is 19.2 Å². The Hall–Kier alpha value is -3.67. The fourth-order valence-electron chi connectivity index (χ4n) is 2.49. The molecule has 0 atom stereocenters. The van der Waals surface area contributed by atoms with E-state index in [0.717, 1.165) is 5.56 Å². The molecule has 0 bridgehead atoms. The van der Waals surface area contributed by atoms with Gasteiger partial charge in [0.25, 0.3) is 5.91 Å². The molecule has 0 aliphatic rings. The first-order valence-electron chi connectivity index (χ1n) is 8.60. The highest BCUT2D eigenvalue weighted by molar-refractivity contribution is 5.95. The van der Waals surface area contributed by atoms with Gasteiger partial charge in [-0.2, -0.15) is 5.10 Å². The first kappa shape index (κ1) is 19.1. The van der Waals surface area contributed by atoms with Crippen LogP contribution in [-0.2, 0) is 6.61 Å². The third-order valence-electron chi connectivity index (χ3n) is 3.92. The highest BCUT2D eigenvalue weighted by Crippen LogP contribution is 2.28. The summed E-state index contributed by atoms with van der Waals surface area (Å²) in [5.41, 5.74) is 3.97. The standard InChI is InChI=1S/C22H19FN2O3/c1-27-20-12-11-17(13-21(20)28-15-16-7-3-2-4-8-16)14-24-25-22(26)18-9-5-6-10-19(18)23/h2-14H,15H2,1H3,(H,25,26)/b24-14-. The molecule has 6 heteroatoms. The molecule has 0 saturated carbocycles. The van der Waals surface area contributed by atoms with Crippen molar-refractivity contribution in [2.24, 2.45) is 5.10 Å². The summed E-state index contributed by atoms with van der Waals surface area (Å²) in [6, 6.07) is 20.7. The Morgan fingerprint density at radius 2 is 1.79 bits per heavy atom. The molecule has 5 nitrogen and oxygen atoms in total. The highest BCUT2D eigenvalue weighted by atomic mass is 19.1. The Labute approximate surface area is 162 Å². The molecule has 0 radical (unpaired) electrons. The molecule has 0 unspecified atom stereocenters. The van der Waals surface area contributed by atoms with Crippen molar-refractivity contribution in [1.29, 1.82) is 0 Å². The minimum Gasteiger partial charge on any atom is -0.493 e. The summed E-state index contributed by atoms with van der Waals surface area (Å²) < 4.78 is 24.8. The van der Waals surface area contributed by atoms with Gasteiger partial charge < -0.3 is 9.47 Å². The molecule has 28 heavy (non-hydrogen) atoms. The second kappa shape index (κ2) is 9.32. The topological polar surface area (TPSA) is 59.9 Å². The lowest BCUT2D eigenvalue weighted by atomic mass is 10.2. The molecule has 142 valence electrons. The number of halogens is 1. The Kier molecular flexibility index (Phi) is 6.36. The molecule has 0 saturated heterocycles. The van der Waals surface area contributed by atoms with Crippen LogP contribution >= 0.6 is 0 Å². The van der Waals surface area contributed by atoms with Crippen LogP contribution in [0.1, 0.15) is 21.5 Å². The van der Waals surface area contributed by atoms with Crippen molar-refractivity contribution in [3.05, 3.63) is 95.3 Å². The number of carbonyl (C=O) groups excluding carboxylic acids is 1. The minimum atomic E-state index is -0.622. The van der Waals surface area contributed by atoms with Crippen LogP contribution in [0.15, 0.2) is 77.9 Å². The number of ether oxygens (including phenoxy) is 2. The van der Waals surface area contributed by atoms with Gasteiger partial charge in [-0.3, -0.25) is 4.79 Å². The van der Waals surface area contributed by atoms with E-state index in [2.05, 4.69) is 10.5 Å². The third-order valence-corrected chi connectivity index (χ3v) is 3.92. The first-order valence-corrected chi connectivity index (χ1v) is 8.60. The molecule has 0 aliphatic carbocycles. The summed E-state index contributed by atoms with van der Waals surface area (Å²) >= 11 is 0. The van der Waals surface area contributed by atoms with Gasteiger partial charge in [-0.25, -0.2) is 9.82 Å². The van der Waals surface area contributed by atoms with E-state index in [4.69, 9.17) is 9.47 Å². The Bertz CT molecular complexity index is 975. The number of methoxy groups -OCH3 is 1. The van der Waals surface area contributed by atoms with Gasteiger partial charge in [0.2, 0.25) is 0 Å². The summed E-state index contributed by atoms with van der Waals surface area (Å²) in [5.74, 6) is -0.0844. The number of hydrogen-bond acceptors (Lipinski definition) is 4. The SMILES string of the molecule is COc1ccc(/C=N\NC(=O)c2ccccc2F)cc1OCc1ccccc1. The van der Waals surface area contributed by atoms with Crippen LogP contribution in [0.4, 0.5) is 4.39 Å². The number of hydrazone groups is 1. The Morgan fingerprint density at radius 1 is 1.04 bits per heavy atom. The molecular weight excluding hydrogens is 359 g/mol. The zero-order chi connectivity index (χ0) is 19.8. The van der Waals surface area contributed by atoms with Gasteiger partial charge in [-0.15, -0.1) is 0 Å². The number of nitrogens with zero attached hydrogens (tertiary/aromatic N) is 1. The lowest BCUT2D eigenvalue weighted by molar-refractivity contribution is 0.0951. The van der Waals surface area contributed by atoms with Gasteiger partial charge in [0.15, 0.2) is 11.5 Å². The molecule has 0 spiro atoms. The second-order valence-corrected chi connectivity index (χ2v) is 5.86. The number of nitrogens with one attached hydrogen (secondary N) is 1. The van der Waals surface area contributed by atoms with Crippen LogP contribution in [0.5, 0.6) is 11.5 Å². The molecule has 1 amide bonds. The average molecular weight is 378 g/mol. The van der Waals surface area contributed by atoms with Crippen LogP contribution in [0, 0.1) is 5.82 Å². The molecular formula is C22H19FN2O3. The van der Waals surface area contributed by atoms with Crippen LogP contribution in [0.3, 0.4) is 0 Å². The molecule has 3 aromatic carbocycles. The van der Waals surface area contributed by atoms with Gasteiger partial charge in [0, 0.05) is 0 Å². The normalized spacial score (nSPS) is 10.6. The molecule has 3 aromatic rings. The Balaban J connectivity index is 1.67. The molecule has 3 rings (SSSR count). The maximum Gasteiger partial charge on any atom is 0.274 e. The molecule has 0 aliphatic heterocycles. The largest absolute Gasteiger partial charge is 0.493 e. The smallest absolute Gasteiger partial charge is 0.274 e. The number of rotatable bonds is 7. The maximum absolute atomic E-state index is 13.6. The molecule has 0 aromatic heterocycles. The van der Waals surface area contributed by atoms with Crippen LogP contribution in [0.2, 0.25) is 0 Å². The van der Waals surface area contributed by atoms with E-state index < -0.39 is 11.7 Å². The van der Waals surface area contributed by atoms with Crippen molar-refractivity contribution in [3.63, 3.8) is 0 Å². The summed E-state index contributed by atoms with van der Waals surface area (Å²) in [7, 11) is 1.56. The van der Waals surface area contributed by atoms with Gasteiger partial charge in [0.05, 0.1) is 18.9 Å². The van der Waals surface area contributed by atoms with Crippen molar-refractivity contribution in [1.82, 2.24) is 5.43 Å². The summed E-state index contributed by atoms with van der Waals surface area (Å²) in [4.78, 5) is 12.0. The monoisotopic (exact) mass is 378 g/mol. The van der Waals surface area contributed by atoms with Gasteiger partial charge in [0.1, 0.15) is 12.4 Å². The van der Waals surface area contributed by atoms with Crippen molar-refractivity contribution >= 4 is 12.1 Å². The van der Waals surface area contributed by atoms with Crippen molar-refractivity contribution in [2.75, 3.05) is 7.11 Å². The van der Waals surface area contributed by atoms with Gasteiger partial charge >= 0.3 is 0 Å². The lowest BCUT2D eigenvalue weighted by Gasteiger charge is -2.11. The highest BCUT2D eigenvalue weighted by Gasteiger charge is 2.09. The summed E-state index contributed by atoms with van der Waals surface area (Å²) in [5, 5.41) is 3.89. The summed E-state index contributed by atoms with van der Waals surface area (Å²) in [6.07, 6.45) is 1.45. The van der Waals surface area contributed by atoms with Crippen molar-refractivity contribution in [3.8, 4) is 11.5 Å². The van der Waals surface area contributed by atoms with E-state index in [9.17, 15) is 9.18 Å². The number of carbonyl (C=O) groups is 1. The quantitative estimate of drug-likeness (QED) is 0.496. The lowest BCUT2D eigenvalue weighted by Crippen LogP contribution is -2.18. The molecule has 1 N–H and O–H groups in total. The van der Waals surface area contributed by atoms with E-state index in [0.29, 0.717) is 23.7 Å². The van der Waals surface area contributed by atoms with Crippen LogP contribution < -0.4 is 14.9 Å². The van der Waals surface area contributed by atoms with Crippen molar-refractivity contribution in [2.45, 2.75) is 6.61 Å². The Morgan fingerprint density at radius 3 is 2.54 bits per heavy atom. The predicted molar refractivity (Wildman–Crippen MR) is 105 cm³/mol. The number of benzene rings is 3. The first-order chi connectivity index (χ1) is 13.7. The van der Waals surface area contributed by atoms with E-state index >= 15 is 0 Å². The minimum absolute atomic E-state index is 0.0683. The fraction of sp³-hybridized carbons (Fsp3) is 0.0909. The van der Waals surface area contributed by atoms with E-state index in [1.807, 2.05) is 30.3 Å². The van der Waals surface area contributed by atoms with E-state index in [1.165, 1.54) is 24.4 Å². The molecule has 0 fully saturated rings. The number of amides is 1. The van der Waals surface area contributed by atoms with Gasteiger partial charge in [-0.1, -0.05) is 42.5 Å². The summed E-state index contributed by atoms with van der Waals surface area (Å²) in [6.45, 7) is 0.391. The average Bonchev–Trinajstić information content (AvgIpc) is 2.73. The van der Waals surface area contributed by atoms with E-state index in [-0.39, 0.29) is 5.56 Å². The van der Waals surface area contributed by atoms with Crippen LogP contribution in [0.25, 0.3) is 0 Å². The zero-order valence-electron chi connectivity index (χ0n) is 15.3. The fourth-order valence-corrected chi connectivity index (χ4v) is 2.49. The second-order valence-electron chi connectivity index (χ2n) is 5.86. The van der Waals surface area contributed by atoms with Crippen molar-refractivity contribution < 1.29 is 18.7 Å². The van der Waals surface area contributed by atoms with E-state index in [1.54, 1.807) is 31.4 Å².